The van der Waals surface area contributed by atoms with E-state index in [0.717, 1.165) is 0 Å². The molecule has 0 bridgehead atoms. The molecule has 1 heterocycles. The summed E-state index contributed by atoms with van der Waals surface area (Å²) in [4.78, 5) is 22.2. The lowest BCUT2D eigenvalue weighted by molar-refractivity contribution is -0.122. The molecule has 4 N–H and O–H groups in total. The standard InChI is InChI=1S/C12H18N2O4/c1-7(2)5-9(13)11(15)14-6-8-3-4-10(18-8)12(16)17/h3-4,7,9H,5-6,13H2,1-2H3,(H,14,15)(H,16,17)/t9-/m0/s1. The number of nitrogens with one attached hydrogen (secondary N) is 1. The summed E-state index contributed by atoms with van der Waals surface area (Å²) in [7, 11) is 0. The molecule has 0 aromatic carbocycles. The van der Waals surface area contributed by atoms with Crippen LogP contribution in [0.5, 0.6) is 0 Å². The molecule has 0 aliphatic heterocycles. The average molecular weight is 254 g/mol. The number of carboxylic acids is 1. The second-order valence-corrected chi connectivity index (χ2v) is 4.52. The van der Waals surface area contributed by atoms with Gasteiger partial charge in [0.05, 0.1) is 12.6 Å². The highest BCUT2D eigenvalue weighted by Crippen LogP contribution is 2.08. The van der Waals surface area contributed by atoms with E-state index in [-0.39, 0.29) is 18.2 Å². The van der Waals surface area contributed by atoms with E-state index in [1.54, 1.807) is 0 Å². The second-order valence-electron chi connectivity index (χ2n) is 4.52. The number of carbonyl (C=O) groups is 2. The van der Waals surface area contributed by atoms with Gasteiger partial charge in [0.1, 0.15) is 5.76 Å². The number of hydrogen-bond acceptors (Lipinski definition) is 4. The second kappa shape index (κ2) is 6.20. The van der Waals surface area contributed by atoms with Gasteiger partial charge in [0.2, 0.25) is 11.7 Å². The normalized spacial score (nSPS) is 12.4. The summed E-state index contributed by atoms with van der Waals surface area (Å²) in [5, 5.41) is 11.3. The van der Waals surface area contributed by atoms with E-state index >= 15 is 0 Å². The third kappa shape index (κ3) is 4.21. The quantitative estimate of drug-likeness (QED) is 0.701. The summed E-state index contributed by atoms with van der Waals surface area (Å²) in [5.41, 5.74) is 5.70. The molecule has 1 aromatic rings. The van der Waals surface area contributed by atoms with E-state index in [1.807, 2.05) is 13.8 Å². The van der Waals surface area contributed by atoms with E-state index < -0.39 is 12.0 Å². The van der Waals surface area contributed by atoms with Crippen LogP contribution in [-0.2, 0) is 11.3 Å². The fourth-order valence-corrected chi connectivity index (χ4v) is 1.51. The lowest BCUT2D eigenvalue weighted by Gasteiger charge is -2.13. The van der Waals surface area contributed by atoms with Crippen molar-refractivity contribution in [2.24, 2.45) is 11.7 Å². The maximum absolute atomic E-state index is 11.6. The minimum absolute atomic E-state index is 0.137. The molecule has 18 heavy (non-hydrogen) atoms. The smallest absolute Gasteiger partial charge is 0.371 e. The number of nitrogens with two attached hydrogens (primary N) is 1. The Morgan fingerprint density at radius 3 is 2.61 bits per heavy atom. The largest absolute Gasteiger partial charge is 0.475 e. The average Bonchev–Trinajstić information content (AvgIpc) is 2.73. The summed E-state index contributed by atoms with van der Waals surface area (Å²) in [6, 6.07) is 2.30. The fourth-order valence-electron chi connectivity index (χ4n) is 1.51. The molecule has 1 aromatic heterocycles. The summed E-state index contributed by atoms with van der Waals surface area (Å²) < 4.78 is 5.00. The van der Waals surface area contributed by atoms with Crippen molar-refractivity contribution in [3.8, 4) is 0 Å². The molecule has 0 saturated carbocycles. The topological polar surface area (TPSA) is 106 Å². The first kappa shape index (κ1) is 14.2. The highest BCUT2D eigenvalue weighted by Gasteiger charge is 2.15. The molecule has 1 atom stereocenters. The zero-order valence-corrected chi connectivity index (χ0v) is 10.5. The van der Waals surface area contributed by atoms with Crippen molar-refractivity contribution in [2.75, 3.05) is 0 Å². The van der Waals surface area contributed by atoms with Gasteiger partial charge in [-0.1, -0.05) is 13.8 Å². The Balaban J connectivity index is 2.44. The van der Waals surface area contributed by atoms with Gasteiger partial charge in [-0.3, -0.25) is 4.79 Å². The maximum atomic E-state index is 11.6. The van der Waals surface area contributed by atoms with Crippen molar-refractivity contribution in [2.45, 2.75) is 32.9 Å². The third-order valence-corrected chi connectivity index (χ3v) is 2.37. The number of carboxylic acid groups (broad SMARTS) is 1. The van der Waals surface area contributed by atoms with Gasteiger partial charge in [0.25, 0.3) is 0 Å². The number of furan rings is 1. The van der Waals surface area contributed by atoms with Crippen LogP contribution in [-0.4, -0.2) is 23.0 Å². The molecule has 0 unspecified atom stereocenters. The number of aromatic carboxylic acids is 1. The molecule has 0 aliphatic rings. The highest BCUT2D eigenvalue weighted by atomic mass is 16.4. The molecule has 6 nitrogen and oxygen atoms in total. The third-order valence-electron chi connectivity index (χ3n) is 2.37. The summed E-state index contributed by atoms with van der Waals surface area (Å²) in [5.74, 6) is -0.822. The van der Waals surface area contributed by atoms with E-state index in [0.29, 0.717) is 18.1 Å². The van der Waals surface area contributed by atoms with Crippen LogP contribution in [0.25, 0.3) is 0 Å². The number of carbonyl (C=O) groups excluding carboxylic acids is 1. The number of amides is 1. The zero-order chi connectivity index (χ0) is 13.7. The van der Waals surface area contributed by atoms with Gasteiger partial charge in [0, 0.05) is 0 Å². The predicted molar refractivity (Wildman–Crippen MR) is 64.9 cm³/mol. The molecule has 100 valence electrons. The van der Waals surface area contributed by atoms with Gasteiger partial charge in [0.15, 0.2) is 0 Å². The Morgan fingerprint density at radius 1 is 1.44 bits per heavy atom. The van der Waals surface area contributed by atoms with E-state index in [1.165, 1.54) is 12.1 Å². The summed E-state index contributed by atoms with van der Waals surface area (Å²) in [6.07, 6.45) is 0.602. The van der Waals surface area contributed by atoms with Gasteiger partial charge in [-0.15, -0.1) is 0 Å². The van der Waals surface area contributed by atoms with Crippen molar-refractivity contribution < 1.29 is 19.1 Å². The van der Waals surface area contributed by atoms with Gasteiger partial charge >= 0.3 is 5.97 Å². The Labute approximate surface area is 105 Å². The Bertz CT molecular complexity index is 425. The van der Waals surface area contributed by atoms with Crippen LogP contribution in [0.2, 0.25) is 0 Å². The maximum Gasteiger partial charge on any atom is 0.371 e. The van der Waals surface area contributed by atoms with Crippen molar-refractivity contribution in [1.82, 2.24) is 5.32 Å². The van der Waals surface area contributed by atoms with E-state index in [4.69, 9.17) is 15.3 Å². The monoisotopic (exact) mass is 254 g/mol. The van der Waals surface area contributed by atoms with Gasteiger partial charge in [-0.2, -0.15) is 0 Å². The molecule has 1 rings (SSSR count). The van der Waals surface area contributed by atoms with E-state index in [9.17, 15) is 9.59 Å². The zero-order valence-electron chi connectivity index (χ0n) is 10.5. The van der Waals surface area contributed by atoms with Crippen molar-refractivity contribution in [3.63, 3.8) is 0 Å². The molecule has 0 spiro atoms. The molecule has 6 heteroatoms. The molecule has 0 radical (unpaired) electrons. The van der Waals surface area contributed by atoms with Gasteiger partial charge in [-0.25, -0.2) is 4.79 Å². The molecular formula is C12H18N2O4. The fraction of sp³-hybridized carbons (Fsp3) is 0.500. The van der Waals surface area contributed by atoms with Crippen LogP contribution in [0.4, 0.5) is 0 Å². The molecule has 0 fully saturated rings. The van der Waals surface area contributed by atoms with Crippen molar-refractivity contribution in [1.29, 1.82) is 0 Å². The first-order valence-corrected chi connectivity index (χ1v) is 5.75. The van der Waals surface area contributed by atoms with Crippen LogP contribution in [0.3, 0.4) is 0 Å². The van der Waals surface area contributed by atoms with Crippen molar-refractivity contribution in [3.05, 3.63) is 23.7 Å². The first-order chi connectivity index (χ1) is 8.40. The first-order valence-electron chi connectivity index (χ1n) is 5.75. The van der Waals surface area contributed by atoms with Crippen LogP contribution in [0.15, 0.2) is 16.5 Å². The molecule has 0 aliphatic carbocycles. The Morgan fingerprint density at radius 2 is 2.11 bits per heavy atom. The lowest BCUT2D eigenvalue weighted by Crippen LogP contribution is -2.40. The van der Waals surface area contributed by atoms with Gasteiger partial charge < -0.3 is 20.6 Å². The summed E-state index contributed by atoms with van der Waals surface area (Å²) >= 11 is 0. The number of hydrogen-bond donors (Lipinski definition) is 3. The summed E-state index contributed by atoms with van der Waals surface area (Å²) in [6.45, 7) is 4.11. The molecular weight excluding hydrogens is 236 g/mol. The van der Waals surface area contributed by atoms with Crippen LogP contribution >= 0.6 is 0 Å². The number of rotatable bonds is 6. The van der Waals surface area contributed by atoms with Crippen LogP contribution in [0.1, 0.15) is 36.6 Å². The van der Waals surface area contributed by atoms with E-state index in [2.05, 4.69) is 5.32 Å². The SMILES string of the molecule is CC(C)C[C@H](N)C(=O)NCc1ccc(C(=O)O)o1. The Kier molecular flexibility index (Phi) is 4.91. The predicted octanol–water partition coefficient (Wildman–Crippen LogP) is 0.967. The molecule has 1 amide bonds. The van der Waals surface area contributed by atoms with Crippen molar-refractivity contribution >= 4 is 11.9 Å². The Hall–Kier alpha value is -1.82. The lowest BCUT2D eigenvalue weighted by atomic mass is 10.0. The van der Waals surface area contributed by atoms with Gasteiger partial charge in [-0.05, 0) is 24.5 Å². The highest BCUT2D eigenvalue weighted by molar-refractivity contribution is 5.84. The van der Waals surface area contributed by atoms with Crippen LogP contribution in [0, 0.1) is 5.92 Å². The minimum atomic E-state index is -1.14. The molecule has 0 saturated heterocycles. The minimum Gasteiger partial charge on any atom is -0.475 e. The van der Waals surface area contributed by atoms with Crippen LogP contribution < -0.4 is 11.1 Å².